The molecule has 4 atom stereocenters. The Morgan fingerprint density at radius 3 is 2.07 bits per heavy atom. The van der Waals surface area contributed by atoms with E-state index >= 15 is 0 Å². The molecule has 1 spiro atoms. The molecule has 2 aliphatic carbocycles. The van der Waals surface area contributed by atoms with E-state index in [2.05, 4.69) is 24.9 Å². The lowest BCUT2D eigenvalue weighted by atomic mass is 9.52. The van der Waals surface area contributed by atoms with Gasteiger partial charge in [0.1, 0.15) is 0 Å². The summed E-state index contributed by atoms with van der Waals surface area (Å²) in [6, 6.07) is 4.73. The minimum absolute atomic E-state index is 0.0933. The van der Waals surface area contributed by atoms with Gasteiger partial charge in [0.25, 0.3) is 0 Å². The summed E-state index contributed by atoms with van der Waals surface area (Å²) in [5.74, 6) is 2.46. The molecule has 5 rings (SSSR count). The third-order valence-electron chi connectivity index (χ3n) is 10.6. The largest absolute Gasteiger partial charge is 0.493 e. The number of ether oxygens (including phenoxy) is 2. The highest BCUT2D eigenvalue weighted by molar-refractivity contribution is 5.89. The normalized spacial score (nSPS) is 25.8. The second kappa shape index (κ2) is 16.3. The highest BCUT2D eigenvalue weighted by Crippen LogP contribution is 2.63. The van der Waals surface area contributed by atoms with Crippen molar-refractivity contribution in [3.8, 4) is 11.5 Å². The number of methoxy groups -OCH3 is 1. The molecule has 1 aromatic rings. The van der Waals surface area contributed by atoms with Crippen LogP contribution in [0.3, 0.4) is 0 Å². The molecule has 0 aromatic heterocycles. The number of likely N-dealkylation sites (tertiary alicyclic amines) is 1. The zero-order valence-corrected chi connectivity index (χ0v) is 26.7. The molecule has 2 fully saturated rings. The SMILES string of the molecule is CCCCCCCCCCCCCCCCCCN.COc1ccc2c3c1O[C@H]1C(=O)CC[C@H]4[C@@H](C2)N(C)CC[C@]314. The molecule has 2 bridgehead atoms. The number of carbonyl (C=O) groups excluding carboxylic acids is 1. The summed E-state index contributed by atoms with van der Waals surface area (Å²) >= 11 is 0. The van der Waals surface area contributed by atoms with Gasteiger partial charge in [-0.15, -0.1) is 0 Å². The fraction of sp³-hybridized carbons (Fsp3) is 0.806. The second-order valence-corrected chi connectivity index (χ2v) is 13.4. The zero-order valence-electron chi connectivity index (χ0n) is 26.7. The van der Waals surface area contributed by atoms with Crippen LogP contribution in [0.25, 0.3) is 0 Å². The number of piperidine rings is 1. The van der Waals surface area contributed by atoms with Crippen molar-refractivity contribution in [1.29, 1.82) is 0 Å². The Hall–Kier alpha value is -1.59. The number of hydrogen-bond donors (Lipinski definition) is 1. The molecule has 1 saturated heterocycles. The van der Waals surface area contributed by atoms with E-state index < -0.39 is 0 Å². The molecule has 2 N–H and O–H groups in total. The first-order valence-corrected chi connectivity index (χ1v) is 17.4. The van der Waals surface area contributed by atoms with E-state index in [0.717, 1.165) is 43.9 Å². The van der Waals surface area contributed by atoms with E-state index in [1.165, 1.54) is 114 Å². The van der Waals surface area contributed by atoms with Gasteiger partial charge in [-0.2, -0.15) is 0 Å². The fourth-order valence-corrected chi connectivity index (χ4v) is 8.36. The van der Waals surface area contributed by atoms with Crippen LogP contribution >= 0.6 is 0 Å². The van der Waals surface area contributed by atoms with Crippen molar-refractivity contribution in [3.63, 3.8) is 0 Å². The van der Waals surface area contributed by atoms with E-state index in [1.807, 2.05) is 6.07 Å². The van der Waals surface area contributed by atoms with Gasteiger partial charge in [-0.3, -0.25) is 4.79 Å². The molecule has 232 valence electrons. The Labute approximate surface area is 251 Å². The maximum atomic E-state index is 12.6. The molecule has 0 radical (unpaired) electrons. The quantitative estimate of drug-likeness (QED) is 0.192. The first kappa shape index (κ1) is 32.3. The van der Waals surface area contributed by atoms with Crippen LogP contribution in [0.2, 0.25) is 0 Å². The molecule has 0 unspecified atom stereocenters. The van der Waals surface area contributed by atoms with Crippen LogP contribution < -0.4 is 15.2 Å². The number of Topliss-reactive ketones (excluding diaryl/α,β-unsaturated/α-hetero) is 1. The molecule has 2 heterocycles. The monoisotopic (exact) mass is 568 g/mol. The summed E-state index contributed by atoms with van der Waals surface area (Å²) < 4.78 is 11.8. The number of ketones is 1. The first-order valence-electron chi connectivity index (χ1n) is 17.4. The van der Waals surface area contributed by atoms with Crippen LogP contribution in [0.15, 0.2) is 12.1 Å². The third kappa shape index (κ3) is 7.50. The first-order chi connectivity index (χ1) is 20.1. The fourth-order valence-electron chi connectivity index (χ4n) is 8.36. The van der Waals surface area contributed by atoms with Crippen LogP contribution in [0, 0.1) is 5.92 Å². The standard InChI is InChI=1S/C18H21NO3.C18H39N/c1-19-8-7-18-11-4-5-13(20)17(18)22-16-14(21-2)6-3-10(15(16)18)9-12(11)19;1-2-3-4-5-6-7-8-9-10-11-12-13-14-15-16-17-18-19/h3,6,11-12,17H,4-5,7-9H2,1-2H3;2-19H2,1H3/t11-,12+,17-,18-;/m0./s1. The number of benzene rings is 1. The van der Waals surface area contributed by atoms with Crippen molar-refractivity contribution < 1.29 is 14.3 Å². The summed E-state index contributed by atoms with van der Waals surface area (Å²) in [5.41, 5.74) is 8.06. The van der Waals surface area contributed by atoms with Gasteiger partial charge in [0.15, 0.2) is 23.4 Å². The Morgan fingerprint density at radius 1 is 0.927 bits per heavy atom. The molecule has 5 heteroatoms. The highest BCUT2D eigenvalue weighted by Gasteiger charge is 2.65. The topological polar surface area (TPSA) is 64.8 Å². The van der Waals surface area contributed by atoms with Crippen LogP contribution in [0.4, 0.5) is 0 Å². The maximum absolute atomic E-state index is 12.6. The Bertz CT molecular complexity index is 933. The number of rotatable bonds is 17. The summed E-state index contributed by atoms with van der Waals surface area (Å²) in [4.78, 5) is 15.1. The Kier molecular flexibility index (Phi) is 12.9. The van der Waals surface area contributed by atoms with Crippen molar-refractivity contribution in [1.82, 2.24) is 4.90 Å². The molecule has 0 amide bonds. The molecule has 1 saturated carbocycles. The van der Waals surface area contributed by atoms with Crippen molar-refractivity contribution in [2.45, 2.75) is 153 Å². The molecule has 1 aromatic carbocycles. The minimum Gasteiger partial charge on any atom is -0.493 e. The number of likely N-dealkylation sites (N-methyl/N-ethyl adjacent to an activating group) is 1. The van der Waals surface area contributed by atoms with E-state index in [4.69, 9.17) is 15.2 Å². The highest BCUT2D eigenvalue weighted by atomic mass is 16.5. The van der Waals surface area contributed by atoms with Gasteiger partial charge in [0.05, 0.1) is 7.11 Å². The molecule has 2 aliphatic heterocycles. The third-order valence-corrected chi connectivity index (χ3v) is 10.6. The van der Waals surface area contributed by atoms with Gasteiger partial charge in [-0.25, -0.2) is 0 Å². The van der Waals surface area contributed by atoms with Gasteiger partial charge in [0.2, 0.25) is 0 Å². The minimum atomic E-state index is -0.284. The molecule has 41 heavy (non-hydrogen) atoms. The van der Waals surface area contributed by atoms with Crippen LogP contribution in [0.1, 0.15) is 140 Å². The predicted molar refractivity (Wildman–Crippen MR) is 170 cm³/mol. The number of nitrogens with zero attached hydrogens (tertiary/aromatic N) is 1. The lowest BCUT2D eigenvalue weighted by Crippen LogP contribution is -2.65. The Balaban J connectivity index is 0.000000192. The van der Waals surface area contributed by atoms with E-state index in [9.17, 15) is 4.79 Å². The van der Waals surface area contributed by atoms with Gasteiger partial charge in [-0.1, -0.05) is 109 Å². The lowest BCUT2D eigenvalue weighted by molar-refractivity contribution is -0.138. The second-order valence-electron chi connectivity index (χ2n) is 13.4. The summed E-state index contributed by atoms with van der Waals surface area (Å²) in [5, 5.41) is 0. The van der Waals surface area contributed by atoms with E-state index in [1.54, 1.807) is 7.11 Å². The lowest BCUT2D eigenvalue weighted by Gasteiger charge is -2.57. The van der Waals surface area contributed by atoms with Crippen molar-refractivity contribution in [3.05, 3.63) is 23.3 Å². The van der Waals surface area contributed by atoms with Crippen LogP contribution in [0.5, 0.6) is 11.5 Å². The smallest absolute Gasteiger partial charge is 0.174 e. The number of nitrogens with two attached hydrogens (primary N) is 1. The summed E-state index contributed by atoms with van der Waals surface area (Å²) in [6.07, 6.45) is 26.3. The molecular weight excluding hydrogens is 508 g/mol. The predicted octanol–water partition coefficient (Wildman–Crippen LogP) is 8.14. The number of hydrogen-bond acceptors (Lipinski definition) is 5. The average molecular weight is 569 g/mol. The Morgan fingerprint density at radius 2 is 1.51 bits per heavy atom. The van der Waals surface area contributed by atoms with Crippen molar-refractivity contribution >= 4 is 5.78 Å². The number of unbranched alkanes of at least 4 members (excludes halogenated alkanes) is 15. The van der Waals surface area contributed by atoms with E-state index in [-0.39, 0.29) is 17.3 Å². The van der Waals surface area contributed by atoms with Gasteiger partial charge >= 0.3 is 0 Å². The molecular formula is C36H60N2O3. The summed E-state index contributed by atoms with van der Waals surface area (Å²) in [6.45, 7) is 4.21. The summed E-state index contributed by atoms with van der Waals surface area (Å²) in [7, 11) is 3.91. The van der Waals surface area contributed by atoms with E-state index in [0.29, 0.717) is 18.4 Å². The van der Waals surface area contributed by atoms with Crippen molar-refractivity contribution in [2.75, 3.05) is 27.2 Å². The number of carbonyl (C=O) groups is 1. The maximum Gasteiger partial charge on any atom is 0.174 e. The molecule has 4 aliphatic rings. The van der Waals surface area contributed by atoms with Gasteiger partial charge in [0, 0.05) is 23.4 Å². The zero-order chi connectivity index (χ0) is 29.1. The molecule has 5 nitrogen and oxygen atoms in total. The van der Waals surface area contributed by atoms with Gasteiger partial charge < -0.3 is 20.1 Å². The van der Waals surface area contributed by atoms with Crippen LogP contribution in [-0.4, -0.2) is 50.1 Å². The average Bonchev–Trinajstić information content (AvgIpc) is 3.34. The van der Waals surface area contributed by atoms with Crippen LogP contribution in [-0.2, 0) is 16.6 Å². The van der Waals surface area contributed by atoms with Gasteiger partial charge in [-0.05, 0) is 63.4 Å². The van der Waals surface area contributed by atoms with Crippen molar-refractivity contribution in [2.24, 2.45) is 11.7 Å².